The highest BCUT2D eigenvalue weighted by atomic mass is 16.5. The number of aliphatic hydroxyl groups excluding tert-OH is 1. The second kappa shape index (κ2) is 8.27. The Kier molecular flexibility index (Phi) is 7.46. The lowest BCUT2D eigenvalue weighted by molar-refractivity contribution is -0.140. The van der Waals surface area contributed by atoms with Crippen molar-refractivity contribution in [2.24, 2.45) is 5.73 Å². The van der Waals surface area contributed by atoms with Gasteiger partial charge in [0, 0.05) is 14.2 Å². The number of nitrogens with zero attached hydrogens (tertiary/aromatic N) is 1. The molecule has 1 unspecified atom stereocenters. The van der Waals surface area contributed by atoms with Crippen LogP contribution in [0, 0.1) is 0 Å². The third-order valence-electron chi connectivity index (χ3n) is 2.19. The molecule has 110 valence electrons. The summed E-state index contributed by atoms with van der Waals surface area (Å²) in [5.74, 6) is -2.20. The maximum absolute atomic E-state index is 11.6. The number of hydrogen-bond acceptors (Lipinski definition) is 5. The van der Waals surface area contributed by atoms with Crippen molar-refractivity contribution in [3.63, 3.8) is 0 Å². The molecule has 3 amide bonds. The van der Waals surface area contributed by atoms with Crippen molar-refractivity contribution in [1.82, 2.24) is 10.2 Å². The number of methoxy groups -OCH3 is 1. The number of likely N-dealkylation sites (N-methyl/N-ethyl adjacent to an activating group) is 1. The van der Waals surface area contributed by atoms with Crippen LogP contribution in [-0.4, -0.2) is 72.5 Å². The predicted octanol–water partition coefficient (Wildman–Crippen LogP) is -2.04. The second-order valence-corrected chi connectivity index (χ2v) is 4.00. The van der Waals surface area contributed by atoms with Gasteiger partial charge in [0.05, 0.1) is 25.7 Å². The first-order valence-electron chi connectivity index (χ1n) is 5.47. The Balaban J connectivity index is 4.38. The van der Waals surface area contributed by atoms with Gasteiger partial charge in [0.15, 0.2) is 0 Å². The molecule has 9 heteroatoms. The molecule has 0 rings (SSSR count). The Morgan fingerprint density at radius 2 is 2.00 bits per heavy atom. The zero-order valence-electron chi connectivity index (χ0n) is 10.8. The van der Waals surface area contributed by atoms with Gasteiger partial charge in [0.25, 0.3) is 0 Å². The van der Waals surface area contributed by atoms with Crippen molar-refractivity contribution < 1.29 is 29.3 Å². The summed E-state index contributed by atoms with van der Waals surface area (Å²) >= 11 is 0. The van der Waals surface area contributed by atoms with Gasteiger partial charge in [-0.3, -0.25) is 4.79 Å². The number of nitrogens with one attached hydrogen (secondary N) is 1. The molecule has 0 aliphatic rings. The third kappa shape index (κ3) is 7.21. The molecule has 0 aromatic heterocycles. The van der Waals surface area contributed by atoms with Gasteiger partial charge in [0.1, 0.15) is 6.04 Å². The third-order valence-corrected chi connectivity index (χ3v) is 2.19. The van der Waals surface area contributed by atoms with E-state index in [1.165, 1.54) is 14.2 Å². The Morgan fingerprint density at radius 1 is 1.42 bits per heavy atom. The number of aliphatic carboxylic acids is 1. The first-order valence-corrected chi connectivity index (χ1v) is 5.47. The number of amides is 3. The highest BCUT2D eigenvalue weighted by Crippen LogP contribution is 1.96. The molecule has 0 spiro atoms. The van der Waals surface area contributed by atoms with Crippen molar-refractivity contribution in [1.29, 1.82) is 0 Å². The molecular formula is C10H19N3O6. The van der Waals surface area contributed by atoms with Crippen LogP contribution in [0.4, 0.5) is 4.79 Å². The van der Waals surface area contributed by atoms with Gasteiger partial charge < -0.3 is 30.9 Å². The smallest absolute Gasteiger partial charge is 0.326 e. The van der Waals surface area contributed by atoms with Crippen LogP contribution in [0.25, 0.3) is 0 Å². The predicted molar refractivity (Wildman–Crippen MR) is 64.3 cm³/mol. The normalized spacial score (nSPS) is 13.4. The number of carbonyl (C=O) groups is 3. The van der Waals surface area contributed by atoms with Crippen LogP contribution in [0.2, 0.25) is 0 Å². The summed E-state index contributed by atoms with van der Waals surface area (Å²) in [6.45, 7) is 0.00382. The molecular weight excluding hydrogens is 258 g/mol. The summed E-state index contributed by atoms with van der Waals surface area (Å²) in [4.78, 5) is 34.2. The molecule has 0 bridgehead atoms. The van der Waals surface area contributed by atoms with Crippen LogP contribution in [0.1, 0.15) is 6.42 Å². The summed E-state index contributed by atoms with van der Waals surface area (Å²) in [5, 5.41) is 20.4. The summed E-state index contributed by atoms with van der Waals surface area (Å²) in [6.07, 6.45) is -1.39. The minimum atomic E-state index is -1.40. The lowest BCUT2D eigenvalue weighted by atomic mass is 10.2. The van der Waals surface area contributed by atoms with E-state index < -0.39 is 36.5 Å². The number of aliphatic hydroxyl groups is 1. The van der Waals surface area contributed by atoms with E-state index in [0.29, 0.717) is 0 Å². The van der Waals surface area contributed by atoms with Crippen molar-refractivity contribution in [3.05, 3.63) is 0 Å². The molecule has 0 aliphatic heterocycles. The summed E-state index contributed by atoms with van der Waals surface area (Å²) in [6, 6.07) is -2.13. The van der Waals surface area contributed by atoms with Gasteiger partial charge in [-0.25, -0.2) is 9.59 Å². The van der Waals surface area contributed by atoms with Gasteiger partial charge in [-0.1, -0.05) is 0 Å². The zero-order chi connectivity index (χ0) is 15.0. The molecule has 5 N–H and O–H groups in total. The number of carboxylic acid groups (broad SMARTS) is 1. The number of nitrogens with two attached hydrogens (primary N) is 1. The summed E-state index contributed by atoms with van der Waals surface area (Å²) in [5.41, 5.74) is 4.88. The molecule has 0 saturated carbocycles. The average Bonchev–Trinajstić information content (AvgIpc) is 2.27. The van der Waals surface area contributed by atoms with Gasteiger partial charge in [-0.15, -0.1) is 0 Å². The van der Waals surface area contributed by atoms with Gasteiger partial charge in [-0.2, -0.15) is 0 Å². The molecule has 0 radical (unpaired) electrons. The molecule has 0 aromatic carbocycles. The van der Waals surface area contributed by atoms with Crippen molar-refractivity contribution in [2.75, 3.05) is 27.3 Å². The summed E-state index contributed by atoms with van der Waals surface area (Å²) in [7, 11) is 2.77. The Hall–Kier alpha value is -1.87. The molecule has 0 fully saturated rings. The maximum Gasteiger partial charge on any atom is 0.326 e. The Labute approximate surface area is 110 Å². The van der Waals surface area contributed by atoms with E-state index in [1.54, 1.807) is 0 Å². The van der Waals surface area contributed by atoms with Crippen LogP contribution in [0.5, 0.6) is 0 Å². The van der Waals surface area contributed by atoms with Crippen LogP contribution in [0.15, 0.2) is 0 Å². The fraction of sp³-hybridized carbons (Fsp3) is 0.700. The van der Waals surface area contributed by atoms with E-state index in [1.807, 2.05) is 0 Å². The zero-order valence-corrected chi connectivity index (χ0v) is 10.8. The number of rotatable bonds is 8. The standard InChI is InChI=1S/C10H19N3O6/c1-13(4-6(14)5-19-2)10(18)12-7(9(16)17)3-8(11)15/h6-7,14H,3-5H2,1-2H3,(H2,11,15)(H,12,18)(H,16,17)/t6?,7-/m1/s1. The van der Waals surface area contributed by atoms with E-state index in [9.17, 15) is 19.5 Å². The number of carbonyl (C=O) groups excluding carboxylic acids is 2. The number of ether oxygens (including phenoxy) is 1. The van der Waals surface area contributed by atoms with E-state index in [0.717, 1.165) is 4.90 Å². The monoisotopic (exact) mass is 277 g/mol. The molecule has 0 heterocycles. The van der Waals surface area contributed by atoms with Crippen LogP contribution in [-0.2, 0) is 14.3 Å². The average molecular weight is 277 g/mol. The minimum absolute atomic E-state index is 0.0391. The first kappa shape index (κ1) is 17.1. The van der Waals surface area contributed by atoms with Crippen molar-refractivity contribution in [2.45, 2.75) is 18.6 Å². The van der Waals surface area contributed by atoms with E-state index in [2.05, 4.69) is 5.32 Å². The van der Waals surface area contributed by atoms with Crippen LogP contribution >= 0.6 is 0 Å². The number of urea groups is 1. The topological polar surface area (TPSA) is 142 Å². The molecule has 19 heavy (non-hydrogen) atoms. The number of carboxylic acids is 1. The maximum atomic E-state index is 11.6. The Bertz CT molecular complexity index is 335. The molecule has 2 atom stereocenters. The quantitative estimate of drug-likeness (QED) is 0.403. The lowest BCUT2D eigenvalue weighted by Crippen LogP contribution is -2.49. The largest absolute Gasteiger partial charge is 0.480 e. The molecule has 0 aromatic rings. The molecule has 0 aliphatic carbocycles. The highest BCUT2D eigenvalue weighted by Gasteiger charge is 2.24. The van der Waals surface area contributed by atoms with Crippen LogP contribution in [0.3, 0.4) is 0 Å². The molecule has 9 nitrogen and oxygen atoms in total. The fourth-order valence-electron chi connectivity index (χ4n) is 1.30. The van der Waals surface area contributed by atoms with E-state index in [-0.39, 0.29) is 13.2 Å². The summed E-state index contributed by atoms with van der Waals surface area (Å²) < 4.78 is 4.69. The number of primary amides is 1. The lowest BCUT2D eigenvalue weighted by Gasteiger charge is -2.22. The van der Waals surface area contributed by atoms with Gasteiger partial charge >= 0.3 is 12.0 Å². The number of hydrogen-bond donors (Lipinski definition) is 4. The van der Waals surface area contributed by atoms with E-state index in [4.69, 9.17) is 15.6 Å². The van der Waals surface area contributed by atoms with Crippen LogP contribution < -0.4 is 11.1 Å². The van der Waals surface area contributed by atoms with Gasteiger partial charge in [0.2, 0.25) is 5.91 Å². The second-order valence-electron chi connectivity index (χ2n) is 4.00. The fourth-order valence-corrected chi connectivity index (χ4v) is 1.30. The highest BCUT2D eigenvalue weighted by molar-refractivity contribution is 5.87. The van der Waals surface area contributed by atoms with Crippen molar-refractivity contribution in [3.8, 4) is 0 Å². The SMILES string of the molecule is COCC(O)CN(C)C(=O)N[C@H](CC(N)=O)C(=O)O. The Morgan fingerprint density at radius 3 is 2.42 bits per heavy atom. The molecule has 0 saturated heterocycles. The minimum Gasteiger partial charge on any atom is -0.480 e. The van der Waals surface area contributed by atoms with E-state index >= 15 is 0 Å². The van der Waals surface area contributed by atoms with Crippen molar-refractivity contribution >= 4 is 17.9 Å². The first-order chi connectivity index (χ1) is 8.77. The van der Waals surface area contributed by atoms with Gasteiger partial charge in [-0.05, 0) is 0 Å².